The fourth-order valence-corrected chi connectivity index (χ4v) is 1.64. The first-order chi connectivity index (χ1) is 6.89. The molecule has 0 aliphatic rings. The van der Waals surface area contributed by atoms with Gasteiger partial charge in [-0.2, -0.15) is 0 Å². The Labute approximate surface area is 89.4 Å². The normalized spacial score (nSPS) is 13.5. The highest BCUT2D eigenvalue weighted by Gasteiger charge is 2.08. The molecule has 15 heavy (non-hydrogen) atoms. The SMILES string of the molecule is [CH2][C@@H](O)COc1cccc(S(C)(=O)=O)c1. The van der Waals surface area contributed by atoms with E-state index in [0.29, 0.717) is 5.75 Å². The average molecular weight is 229 g/mol. The Bertz CT molecular complexity index is 423. The van der Waals surface area contributed by atoms with Gasteiger partial charge in [-0.05, 0) is 25.1 Å². The van der Waals surface area contributed by atoms with Gasteiger partial charge in [-0.15, -0.1) is 0 Å². The predicted molar refractivity (Wildman–Crippen MR) is 56.4 cm³/mol. The Balaban J connectivity index is 2.84. The average Bonchev–Trinajstić information content (AvgIpc) is 2.14. The van der Waals surface area contributed by atoms with Gasteiger partial charge in [0.2, 0.25) is 0 Å². The third-order valence-corrected chi connectivity index (χ3v) is 2.79. The van der Waals surface area contributed by atoms with Gasteiger partial charge in [-0.1, -0.05) is 6.07 Å². The summed E-state index contributed by atoms with van der Waals surface area (Å²) in [6.07, 6.45) is 0.300. The summed E-state index contributed by atoms with van der Waals surface area (Å²) in [5.74, 6) is 0.403. The van der Waals surface area contributed by atoms with Crippen LogP contribution in [0.2, 0.25) is 0 Å². The maximum atomic E-state index is 11.2. The number of benzene rings is 1. The van der Waals surface area contributed by atoms with E-state index in [2.05, 4.69) is 6.92 Å². The van der Waals surface area contributed by atoms with Crippen molar-refractivity contribution in [2.45, 2.75) is 11.0 Å². The molecule has 0 saturated heterocycles. The lowest BCUT2D eigenvalue weighted by Gasteiger charge is -2.08. The lowest BCUT2D eigenvalue weighted by molar-refractivity contribution is 0.142. The number of hydrogen-bond acceptors (Lipinski definition) is 4. The molecule has 0 bridgehead atoms. The van der Waals surface area contributed by atoms with Gasteiger partial charge in [0.05, 0.1) is 11.0 Å². The predicted octanol–water partition coefficient (Wildman–Crippen LogP) is 0.664. The van der Waals surface area contributed by atoms with Crippen molar-refractivity contribution in [3.63, 3.8) is 0 Å². The van der Waals surface area contributed by atoms with Crippen molar-refractivity contribution in [2.75, 3.05) is 12.9 Å². The van der Waals surface area contributed by atoms with Crippen LogP contribution < -0.4 is 4.74 Å². The van der Waals surface area contributed by atoms with Crippen LogP contribution in [-0.2, 0) is 9.84 Å². The van der Waals surface area contributed by atoms with E-state index < -0.39 is 15.9 Å². The molecular weight excluding hydrogens is 216 g/mol. The fourth-order valence-electron chi connectivity index (χ4n) is 0.987. The van der Waals surface area contributed by atoms with Crippen LogP contribution in [0, 0.1) is 6.92 Å². The quantitative estimate of drug-likeness (QED) is 0.824. The fraction of sp³-hybridized carbons (Fsp3) is 0.300. The van der Waals surface area contributed by atoms with Crippen LogP contribution in [0.5, 0.6) is 5.75 Å². The first kappa shape index (κ1) is 12.0. The highest BCUT2D eigenvalue weighted by molar-refractivity contribution is 7.90. The molecule has 1 atom stereocenters. The zero-order valence-corrected chi connectivity index (χ0v) is 9.20. The third kappa shape index (κ3) is 3.89. The van der Waals surface area contributed by atoms with Gasteiger partial charge in [0.1, 0.15) is 12.4 Å². The minimum Gasteiger partial charge on any atom is -0.491 e. The summed E-state index contributed by atoms with van der Waals surface area (Å²) in [7, 11) is -3.22. The maximum Gasteiger partial charge on any atom is 0.175 e. The maximum absolute atomic E-state index is 11.2. The number of hydrogen-bond donors (Lipinski definition) is 1. The summed E-state index contributed by atoms with van der Waals surface area (Å²) >= 11 is 0. The van der Waals surface area contributed by atoms with E-state index in [-0.39, 0.29) is 11.5 Å². The smallest absolute Gasteiger partial charge is 0.175 e. The van der Waals surface area contributed by atoms with Gasteiger partial charge in [0.25, 0.3) is 0 Å². The molecule has 4 nitrogen and oxygen atoms in total. The van der Waals surface area contributed by atoms with Gasteiger partial charge < -0.3 is 9.84 Å². The van der Waals surface area contributed by atoms with Gasteiger partial charge in [0.15, 0.2) is 9.84 Å². The van der Waals surface area contributed by atoms with E-state index in [9.17, 15) is 8.42 Å². The zero-order chi connectivity index (χ0) is 11.5. The molecule has 1 radical (unpaired) electrons. The van der Waals surface area contributed by atoms with E-state index in [0.717, 1.165) is 6.26 Å². The second kappa shape index (κ2) is 4.63. The van der Waals surface area contributed by atoms with Crippen molar-refractivity contribution in [1.29, 1.82) is 0 Å². The monoisotopic (exact) mass is 229 g/mol. The van der Waals surface area contributed by atoms with E-state index >= 15 is 0 Å². The number of rotatable bonds is 4. The standard InChI is InChI=1S/C10H13O4S/c1-8(11)7-14-9-4-3-5-10(6-9)15(2,12)13/h3-6,8,11H,1,7H2,2H3/t8-/m1/s1. The molecule has 0 spiro atoms. The molecule has 0 fully saturated rings. The molecule has 0 aliphatic heterocycles. The van der Waals surface area contributed by atoms with Gasteiger partial charge in [-0.25, -0.2) is 8.42 Å². The summed E-state index contributed by atoms with van der Waals surface area (Å²) in [6.45, 7) is 3.37. The molecule has 0 heterocycles. The summed E-state index contributed by atoms with van der Waals surface area (Å²) in [5.41, 5.74) is 0. The van der Waals surface area contributed by atoms with Crippen LogP contribution in [0.1, 0.15) is 0 Å². The number of aliphatic hydroxyl groups is 1. The molecule has 0 saturated carbocycles. The minimum atomic E-state index is -3.22. The lowest BCUT2D eigenvalue weighted by Crippen LogP contribution is -2.13. The molecular formula is C10H13O4S. The first-order valence-electron chi connectivity index (χ1n) is 4.33. The van der Waals surface area contributed by atoms with Crippen LogP contribution in [0.4, 0.5) is 0 Å². The Hall–Kier alpha value is -1.07. The number of ether oxygens (including phenoxy) is 1. The Kier molecular flexibility index (Phi) is 3.71. The third-order valence-electron chi connectivity index (χ3n) is 1.68. The number of sulfone groups is 1. The van der Waals surface area contributed by atoms with Crippen molar-refractivity contribution in [3.05, 3.63) is 31.2 Å². The molecule has 83 valence electrons. The molecule has 0 amide bonds. The number of aliphatic hydroxyl groups excluding tert-OH is 1. The van der Waals surface area contributed by atoms with Crippen LogP contribution >= 0.6 is 0 Å². The lowest BCUT2D eigenvalue weighted by atomic mass is 10.3. The van der Waals surface area contributed by atoms with E-state index in [1.54, 1.807) is 12.1 Å². The minimum absolute atomic E-state index is 0.0349. The second-order valence-corrected chi connectivity index (χ2v) is 5.23. The first-order valence-corrected chi connectivity index (χ1v) is 6.23. The van der Waals surface area contributed by atoms with Gasteiger partial charge in [-0.3, -0.25) is 0 Å². The van der Waals surface area contributed by atoms with Crippen molar-refractivity contribution in [2.24, 2.45) is 0 Å². The topological polar surface area (TPSA) is 63.6 Å². The van der Waals surface area contributed by atoms with Crippen LogP contribution in [0.25, 0.3) is 0 Å². The molecule has 5 heteroatoms. The molecule has 0 aliphatic carbocycles. The van der Waals surface area contributed by atoms with Crippen LogP contribution in [0.3, 0.4) is 0 Å². The molecule has 1 N–H and O–H groups in total. The Morgan fingerprint density at radius 2 is 2.20 bits per heavy atom. The molecule has 1 rings (SSSR count). The van der Waals surface area contributed by atoms with E-state index in [4.69, 9.17) is 9.84 Å². The Morgan fingerprint density at radius 1 is 1.53 bits per heavy atom. The van der Waals surface area contributed by atoms with Crippen molar-refractivity contribution in [3.8, 4) is 5.75 Å². The molecule has 0 unspecified atom stereocenters. The van der Waals surface area contributed by atoms with E-state index in [1.807, 2.05) is 0 Å². The van der Waals surface area contributed by atoms with E-state index in [1.165, 1.54) is 12.1 Å². The van der Waals surface area contributed by atoms with Crippen molar-refractivity contribution < 1.29 is 18.3 Å². The molecule has 0 aromatic heterocycles. The highest BCUT2D eigenvalue weighted by atomic mass is 32.2. The zero-order valence-electron chi connectivity index (χ0n) is 8.38. The van der Waals surface area contributed by atoms with Gasteiger partial charge >= 0.3 is 0 Å². The molecule has 1 aromatic carbocycles. The summed E-state index contributed by atoms with van der Waals surface area (Å²) < 4.78 is 27.5. The van der Waals surface area contributed by atoms with Crippen LogP contribution in [-0.4, -0.2) is 32.5 Å². The summed E-state index contributed by atoms with van der Waals surface area (Å²) in [5, 5.41) is 8.89. The van der Waals surface area contributed by atoms with Gasteiger partial charge in [0, 0.05) is 6.26 Å². The highest BCUT2D eigenvalue weighted by Crippen LogP contribution is 2.17. The van der Waals surface area contributed by atoms with Crippen molar-refractivity contribution >= 4 is 9.84 Å². The largest absolute Gasteiger partial charge is 0.491 e. The van der Waals surface area contributed by atoms with Crippen molar-refractivity contribution in [1.82, 2.24) is 0 Å². The second-order valence-electron chi connectivity index (χ2n) is 3.21. The summed E-state index contributed by atoms with van der Waals surface area (Å²) in [6, 6.07) is 6.11. The Morgan fingerprint density at radius 3 is 2.73 bits per heavy atom. The van der Waals surface area contributed by atoms with Crippen LogP contribution in [0.15, 0.2) is 29.2 Å². The molecule has 1 aromatic rings. The summed E-state index contributed by atoms with van der Waals surface area (Å²) in [4.78, 5) is 0.193.